The number of hydrogen-bond acceptors (Lipinski definition) is 5. The number of methoxy groups -OCH3 is 1. The molecule has 3 rings (SSSR count). The molecule has 7 nitrogen and oxygen atoms in total. The van der Waals surface area contributed by atoms with Crippen molar-refractivity contribution in [2.24, 2.45) is 0 Å². The molecule has 2 aromatic heterocycles. The zero-order chi connectivity index (χ0) is 21.7. The zero-order valence-corrected chi connectivity index (χ0v) is 16.8. The number of nitrogens with zero attached hydrogens (tertiary/aromatic N) is 2. The van der Waals surface area contributed by atoms with Gasteiger partial charge in [-0.1, -0.05) is 0 Å². The van der Waals surface area contributed by atoms with Crippen LogP contribution in [0.1, 0.15) is 28.0 Å². The van der Waals surface area contributed by atoms with Crippen molar-refractivity contribution in [2.75, 3.05) is 20.3 Å². The van der Waals surface area contributed by atoms with Crippen LogP contribution in [0, 0.1) is 12.7 Å². The topological polar surface area (TPSA) is 90.3 Å². The van der Waals surface area contributed by atoms with E-state index in [1.54, 1.807) is 26.2 Å². The number of ether oxygens (including phenoxy) is 1. The number of aryl methyl sites for hydroxylation is 1. The molecular formula is C22H22FN3O4. The molecule has 0 spiro atoms. The second kappa shape index (κ2) is 9.41. The number of carbonyl (C=O) groups is 2. The van der Waals surface area contributed by atoms with Gasteiger partial charge in [0.05, 0.1) is 10.9 Å². The molecule has 0 aliphatic heterocycles. The Bertz CT molecular complexity index is 1140. The molecule has 0 bridgehead atoms. The van der Waals surface area contributed by atoms with E-state index in [2.05, 4.69) is 10.3 Å². The molecule has 0 fully saturated rings. The normalized spacial score (nSPS) is 10.9. The second-order valence-electron chi connectivity index (χ2n) is 6.86. The largest absolute Gasteiger partial charge is 0.385 e. The predicted octanol–water partition coefficient (Wildman–Crippen LogP) is 2.23. The lowest BCUT2D eigenvalue weighted by atomic mass is 10.0. The smallest absolute Gasteiger partial charge is 0.239 e. The summed E-state index contributed by atoms with van der Waals surface area (Å²) in [7, 11) is 1.59. The molecule has 0 radical (unpaired) electrons. The number of pyridine rings is 2. The average Bonchev–Trinajstić information content (AvgIpc) is 2.73. The van der Waals surface area contributed by atoms with Gasteiger partial charge in [0.1, 0.15) is 18.0 Å². The Morgan fingerprint density at radius 3 is 2.60 bits per heavy atom. The molecule has 0 aliphatic rings. The van der Waals surface area contributed by atoms with Crippen LogP contribution in [0.25, 0.3) is 11.0 Å². The van der Waals surface area contributed by atoms with Gasteiger partial charge in [-0.15, -0.1) is 0 Å². The van der Waals surface area contributed by atoms with Crippen LogP contribution in [0.5, 0.6) is 0 Å². The monoisotopic (exact) mass is 411 g/mol. The maximum absolute atomic E-state index is 13.2. The van der Waals surface area contributed by atoms with Crippen molar-refractivity contribution in [2.45, 2.75) is 19.9 Å². The average molecular weight is 411 g/mol. The summed E-state index contributed by atoms with van der Waals surface area (Å²) in [6.45, 7) is 2.64. The Morgan fingerprint density at radius 2 is 1.90 bits per heavy atom. The fourth-order valence-electron chi connectivity index (χ4n) is 3.05. The summed E-state index contributed by atoms with van der Waals surface area (Å²) in [5, 5.41) is 3.01. The predicted molar refractivity (Wildman–Crippen MR) is 110 cm³/mol. The number of hydrogen-bond donors (Lipinski definition) is 1. The highest BCUT2D eigenvalue weighted by Gasteiger charge is 2.19. The van der Waals surface area contributed by atoms with Crippen LogP contribution in [0.3, 0.4) is 0 Å². The molecule has 1 aromatic carbocycles. The molecule has 0 saturated carbocycles. The first kappa shape index (κ1) is 21.3. The number of fused-ring (bicyclic) bond motifs is 1. The van der Waals surface area contributed by atoms with Gasteiger partial charge in [-0.05, 0) is 49.7 Å². The molecule has 156 valence electrons. The molecule has 0 atom stereocenters. The van der Waals surface area contributed by atoms with E-state index in [9.17, 15) is 18.8 Å². The van der Waals surface area contributed by atoms with Gasteiger partial charge in [0.25, 0.3) is 0 Å². The first-order valence-electron chi connectivity index (χ1n) is 9.47. The van der Waals surface area contributed by atoms with E-state index in [-0.39, 0.29) is 29.0 Å². The Balaban J connectivity index is 2.00. The van der Waals surface area contributed by atoms with E-state index in [0.717, 1.165) is 12.1 Å². The summed E-state index contributed by atoms with van der Waals surface area (Å²) in [6.07, 6.45) is 2.01. The lowest BCUT2D eigenvalue weighted by Crippen LogP contribution is -2.30. The first-order valence-corrected chi connectivity index (χ1v) is 9.47. The van der Waals surface area contributed by atoms with E-state index >= 15 is 0 Å². The molecule has 3 aromatic rings. The summed E-state index contributed by atoms with van der Waals surface area (Å²) in [5.74, 6) is -1.30. The highest BCUT2D eigenvalue weighted by molar-refractivity contribution is 6.10. The van der Waals surface area contributed by atoms with Crippen molar-refractivity contribution in [3.63, 3.8) is 0 Å². The fourth-order valence-corrected chi connectivity index (χ4v) is 3.05. The molecule has 0 unspecified atom stereocenters. The minimum Gasteiger partial charge on any atom is -0.385 e. The van der Waals surface area contributed by atoms with Gasteiger partial charge in [0.2, 0.25) is 11.3 Å². The Labute approximate surface area is 172 Å². The van der Waals surface area contributed by atoms with Crippen molar-refractivity contribution in [3.8, 4) is 0 Å². The van der Waals surface area contributed by atoms with E-state index in [1.165, 1.54) is 22.9 Å². The van der Waals surface area contributed by atoms with Crippen molar-refractivity contribution < 1.29 is 18.7 Å². The van der Waals surface area contributed by atoms with Crippen molar-refractivity contribution in [1.29, 1.82) is 0 Å². The van der Waals surface area contributed by atoms with Gasteiger partial charge in [0.15, 0.2) is 5.78 Å². The van der Waals surface area contributed by atoms with Crippen LogP contribution < -0.4 is 10.7 Å². The van der Waals surface area contributed by atoms with Crippen LogP contribution in [0.15, 0.2) is 47.4 Å². The van der Waals surface area contributed by atoms with Gasteiger partial charge in [-0.3, -0.25) is 14.4 Å². The maximum Gasteiger partial charge on any atom is 0.239 e. The Hall–Kier alpha value is -3.39. The van der Waals surface area contributed by atoms with Crippen LogP contribution in [-0.2, 0) is 16.1 Å². The lowest BCUT2D eigenvalue weighted by Gasteiger charge is -2.13. The quantitative estimate of drug-likeness (QED) is 0.454. The molecule has 0 saturated heterocycles. The number of carbonyl (C=O) groups excluding carboxylic acids is 2. The fraction of sp³-hybridized carbons (Fsp3) is 0.273. The van der Waals surface area contributed by atoms with Gasteiger partial charge in [-0.2, -0.15) is 0 Å². The third-order valence-corrected chi connectivity index (χ3v) is 4.57. The minimum atomic E-state index is -0.545. The molecule has 2 heterocycles. The summed E-state index contributed by atoms with van der Waals surface area (Å²) in [6, 6.07) is 8.22. The van der Waals surface area contributed by atoms with E-state index in [4.69, 9.17) is 4.74 Å². The van der Waals surface area contributed by atoms with Gasteiger partial charge in [-0.25, -0.2) is 9.37 Å². The van der Waals surface area contributed by atoms with Gasteiger partial charge >= 0.3 is 0 Å². The highest BCUT2D eigenvalue weighted by atomic mass is 19.1. The SMILES string of the molecule is COCCCNC(=O)Cn1cc(C(=O)c2ccc(F)cc2)c(=O)c2ccc(C)nc21. The molecular weight excluding hydrogens is 389 g/mol. The van der Waals surface area contributed by atoms with E-state index in [0.29, 0.717) is 30.9 Å². The highest BCUT2D eigenvalue weighted by Crippen LogP contribution is 2.14. The number of rotatable bonds is 8. The maximum atomic E-state index is 13.2. The summed E-state index contributed by atoms with van der Waals surface area (Å²) < 4.78 is 19.6. The van der Waals surface area contributed by atoms with Crippen LogP contribution in [0.2, 0.25) is 0 Å². The zero-order valence-electron chi connectivity index (χ0n) is 16.8. The van der Waals surface area contributed by atoms with Gasteiger partial charge < -0.3 is 14.6 Å². The second-order valence-corrected chi connectivity index (χ2v) is 6.86. The summed E-state index contributed by atoms with van der Waals surface area (Å²) >= 11 is 0. The van der Waals surface area contributed by atoms with E-state index in [1.807, 2.05) is 0 Å². The van der Waals surface area contributed by atoms with Crippen LogP contribution in [-0.4, -0.2) is 41.5 Å². The van der Waals surface area contributed by atoms with Crippen LogP contribution in [0.4, 0.5) is 4.39 Å². The third kappa shape index (κ3) is 4.77. The summed E-state index contributed by atoms with van der Waals surface area (Å²) in [5.41, 5.74) is 0.593. The standard InChI is InChI=1S/C22H22FN3O4/c1-14-4-9-17-21(29)18(20(28)15-5-7-16(23)8-6-15)12-26(22(17)25-14)13-19(27)24-10-3-11-30-2/h4-9,12H,3,10-11,13H2,1-2H3,(H,24,27). The third-order valence-electron chi connectivity index (χ3n) is 4.57. The summed E-state index contributed by atoms with van der Waals surface area (Å²) in [4.78, 5) is 42.6. The molecule has 1 amide bonds. The van der Waals surface area contributed by atoms with E-state index < -0.39 is 17.0 Å². The number of ketones is 1. The van der Waals surface area contributed by atoms with Crippen LogP contribution >= 0.6 is 0 Å². The van der Waals surface area contributed by atoms with Gasteiger partial charge in [0, 0.05) is 37.7 Å². The number of benzene rings is 1. The molecule has 8 heteroatoms. The molecule has 1 N–H and O–H groups in total. The number of halogens is 1. The number of aromatic nitrogens is 2. The van der Waals surface area contributed by atoms with Crippen molar-refractivity contribution in [1.82, 2.24) is 14.9 Å². The lowest BCUT2D eigenvalue weighted by molar-refractivity contribution is -0.121. The first-order chi connectivity index (χ1) is 14.4. The number of nitrogens with one attached hydrogen (secondary N) is 1. The Kier molecular flexibility index (Phi) is 6.68. The number of amides is 1. The van der Waals surface area contributed by atoms with Crippen molar-refractivity contribution in [3.05, 3.63) is 75.5 Å². The van der Waals surface area contributed by atoms with Crippen molar-refractivity contribution >= 4 is 22.7 Å². The Morgan fingerprint density at radius 1 is 1.17 bits per heavy atom. The molecule has 30 heavy (non-hydrogen) atoms. The molecule has 0 aliphatic carbocycles. The minimum absolute atomic E-state index is 0.105.